The van der Waals surface area contributed by atoms with E-state index in [0.29, 0.717) is 25.0 Å². The second-order valence-electron chi connectivity index (χ2n) is 11.4. The van der Waals surface area contributed by atoms with Crippen LogP contribution >= 0.6 is 0 Å². The Bertz CT molecular complexity index is 1500. The first-order chi connectivity index (χ1) is 19.4. The van der Waals surface area contributed by atoms with Gasteiger partial charge in [-0.1, -0.05) is 45.0 Å². The van der Waals surface area contributed by atoms with Crippen molar-refractivity contribution in [3.63, 3.8) is 0 Å². The van der Waals surface area contributed by atoms with Gasteiger partial charge in [0.15, 0.2) is 0 Å². The molecule has 1 unspecified atom stereocenters. The van der Waals surface area contributed by atoms with Crippen molar-refractivity contribution in [3.05, 3.63) is 65.2 Å². The van der Waals surface area contributed by atoms with E-state index in [1.54, 1.807) is 23.1 Å². The highest BCUT2D eigenvalue weighted by Gasteiger charge is 2.40. The van der Waals surface area contributed by atoms with E-state index in [9.17, 15) is 18.3 Å². The minimum Gasteiger partial charge on any atom is -0.475 e. The monoisotopic (exact) mass is 580 g/mol. The van der Waals surface area contributed by atoms with Crippen molar-refractivity contribution in [2.45, 2.75) is 77.3 Å². The Morgan fingerprint density at radius 3 is 2.44 bits per heavy atom. The Kier molecular flexibility index (Phi) is 9.03. The smallest absolute Gasteiger partial charge is 0.264 e. The molecule has 0 radical (unpaired) electrons. The predicted octanol–water partition coefficient (Wildman–Crippen LogP) is 5.36. The summed E-state index contributed by atoms with van der Waals surface area (Å²) in [7, 11) is -4.14. The molecule has 1 aromatic heterocycles. The molecule has 1 aliphatic rings. The van der Waals surface area contributed by atoms with Gasteiger partial charge in [0.1, 0.15) is 6.61 Å². The van der Waals surface area contributed by atoms with Crippen LogP contribution in [0.2, 0.25) is 0 Å². The molecule has 1 amide bonds. The zero-order valence-electron chi connectivity index (χ0n) is 24.6. The number of sulfonamides is 1. The lowest BCUT2D eigenvalue weighted by Gasteiger charge is -2.46. The third kappa shape index (κ3) is 6.54. The average Bonchev–Trinajstić information content (AvgIpc) is 2.91. The van der Waals surface area contributed by atoms with Gasteiger partial charge in [-0.2, -0.15) is 4.98 Å². The Balaban J connectivity index is 1.95. The molecule has 2 heterocycles. The third-order valence-electron chi connectivity index (χ3n) is 7.80. The first-order valence-corrected chi connectivity index (χ1v) is 15.5. The van der Waals surface area contributed by atoms with E-state index in [-0.39, 0.29) is 53.4 Å². The molecule has 9 nitrogen and oxygen atoms in total. The fourth-order valence-electron chi connectivity index (χ4n) is 5.54. The van der Waals surface area contributed by atoms with Crippen molar-refractivity contribution < 1.29 is 23.1 Å². The molecule has 2 N–H and O–H groups in total. The average molecular weight is 581 g/mol. The van der Waals surface area contributed by atoms with Crippen molar-refractivity contribution in [1.82, 2.24) is 14.9 Å². The lowest BCUT2D eigenvalue weighted by molar-refractivity contribution is 0.00819. The van der Waals surface area contributed by atoms with Crippen LogP contribution < -0.4 is 9.46 Å². The molecule has 0 saturated heterocycles. The van der Waals surface area contributed by atoms with Gasteiger partial charge < -0.3 is 14.7 Å². The van der Waals surface area contributed by atoms with E-state index in [1.807, 2.05) is 45.9 Å². The molecule has 1 aliphatic heterocycles. The van der Waals surface area contributed by atoms with Crippen LogP contribution in [0, 0.1) is 19.8 Å². The summed E-state index contributed by atoms with van der Waals surface area (Å²) in [6, 6.07) is 13.2. The molecule has 2 atom stereocenters. The van der Waals surface area contributed by atoms with E-state index in [4.69, 9.17) is 4.74 Å². The molecule has 2 aromatic carbocycles. The van der Waals surface area contributed by atoms with Crippen LogP contribution in [-0.4, -0.2) is 59.1 Å². The van der Waals surface area contributed by atoms with Gasteiger partial charge in [-0.05, 0) is 75.3 Å². The van der Waals surface area contributed by atoms with Gasteiger partial charge in [-0.25, -0.2) is 18.1 Å². The summed E-state index contributed by atoms with van der Waals surface area (Å²) < 4.78 is 35.8. The number of fused-ring (bicyclic) bond motifs is 4. The number of nitrogens with one attached hydrogen (secondary N) is 1. The number of anilines is 1. The van der Waals surface area contributed by atoms with Crippen LogP contribution in [-0.2, 0) is 10.0 Å². The molecule has 10 heteroatoms. The fraction of sp³-hybridized carbons (Fsp3) is 0.452. The molecule has 0 saturated carbocycles. The lowest BCUT2D eigenvalue weighted by atomic mass is 9.88. The summed E-state index contributed by atoms with van der Waals surface area (Å²) in [5.74, 6) is -0.0124. The van der Waals surface area contributed by atoms with Crippen LogP contribution in [0.5, 0.6) is 5.88 Å². The second-order valence-corrected chi connectivity index (χ2v) is 13.1. The van der Waals surface area contributed by atoms with Crippen LogP contribution in [0.4, 0.5) is 5.95 Å². The summed E-state index contributed by atoms with van der Waals surface area (Å²) in [4.78, 5) is 24.9. The summed E-state index contributed by atoms with van der Waals surface area (Å²) >= 11 is 0. The Morgan fingerprint density at radius 1 is 1.12 bits per heavy atom. The highest BCUT2D eigenvalue weighted by atomic mass is 32.2. The number of carbonyl (C=O) groups excluding carboxylic acids is 1. The maximum Gasteiger partial charge on any atom is 0.264 e. The number of nitrogens with zero attached hydrogens (tertiary/aromatic N) is 3. The maximum atomic E-state index is 14.2. The fourth-order valence-corrected chi connectivity index (χ4v) is 6.53. The molecule has 4 rings (SSSR count). The zero-order chi connectivity index (χ0) is 29.9. The standard InChI is InChI=1S/C31H40N4O5S/c1-7-31(6,14-15-36)35-24(16-20(2)3)19-40-27-18-26(28-21(4)10-8-11-22(28)5)32-30(33-27)34-41(38,39)25-13-9-12-23(17-25)29(35)37/h8-13,17-18,20,24,36H,7,14-16,19H2,1-6H3,(H,32,33,34)/t24-,31?/m1/s1. The lowest BCUT2D eigenvalue weighted by Crippen LogP contribution is -2.57. The topological polar surface area (TPSA) is 122 Å². The Labute approximate surface area is 243 Å². The molecular weight excluding hydrogens is 540 g/mol. The van der Waals surface area contributed by atoms with E-state index in [1.165, 1.54) is 12.1 Å². The summed E-state index contributed by atoms with van der Waals surface area (Å²) in [6.07, 6.45) is 1.57. The summed E-state index contributed by atoms with van der Waals surface area (Å²) in [5, 5.41) is 9.97. The SMILES string of the molecule is CCC(C)(CCO)N1C(=O)c2cccc(c2)S(=O)(=O)Nc2nc(cc(-c3c(C)cccc3C)n2)OC[C@H]1CC(C)C. The highest BCUT2D eigenvalue weighted by molar-refractivity contribution is 7.92. The van der Waals surface area contributed by atoms with Crippen LogP contribution in [0.15, 0.2) is 53.4 Å². The van der Waals surface area contributed by atoms with Gasteiger partial charge >= 0.3 is 0 Å². The predicted molar refractivity (Wildman–Crippen MR) is 159 cm³/mol. The molecule has 0 spiro atoms. The van der Waals surface area contributed by atoms with Crippen LogP contribution in [0.25, 0.3) is 11.3 Å². The van der Waals surface area contributed by atoms with Crippen molar-refractivity contribution in [2.75, 3.05) is 17.9 Å². The van der Waals surface area contributed by atoms with Gasteiger partial charge in [-0.15, -0.1) is 0 Å². The zero-order valence-corrected chi connectivity index (χ0v) is 25.5. The molecule has 0 aliphatic carbocycles. The third-order valence-corrected chi connectivity index (χ3v) is 9.13. The van der Waals surface area contributed by atoms with Crippen LogP contribution in [0.1, 0.15) is 68.4 Å². The molecule has 220 valence electrons. The molecule has 0 fully saturated rings. The number of aliphatic hydroxyl groups excluding tert-OH is 1. The van der Waals surface area contributed by atoms with Gasteiger partial charge in [0.05, 0.1) is 16.6 Å². The van der Waals surface area contributed by atoms with Crippen molar-refractivity contribution in [2.24, 2.45) is 5.92 Å². The van der Waals surface area contributed by atoms with Crippen molar-refractivity contribution >= 4 is 21.9 Å². The number of ether oxygens (including phenoxy) is 1. The van der Waals surface area contributed by atoms with E-state index in [2.05, 4.69) is 28.5 Å². The van der Waals surface area contributed by atoms with Crippen LogP contribution in [0.3, 0.4) is 0 Å². The number of hydrogen-bond acceptors (Lipinski definition) is 7. The van der Waals surface area contributed by atoms with Crippen molar-refractivity contribution in [1.29, 1.82) is 0 Å². The molecule has 4 bridgehead atoms. The van der Waals surface area contributed by atoms with Crippen molar-refractivity contribution in [3.8, 4) is 17.1 Å². The number of aromatic nitrogens is 2. The van der Waals surface area contributed by atoms with Gasteiger partial charge in [0, 0.05) is 29.3 Å². The van der Waals surface area contributed by atoms with Gasteiger partial charge in [0.25, 0.3) is 15.9 Å². The first kappa shape index (κ1) is 30.5. The van der Waals surface area contributed by atoms with E-state index in [0.717, 1.165) is 16.7 Å². The molecular formula is C31H40N4O5S. The quantitative estimate of drug-likeness (QED) is 0.386. The summed E-state index contributed by atoms with van der Waals surface area (Å²) in [6.45, 7) is 12.1. The number of rotatable bonds is 7. The number of amides is 1. The van der Waals surface area contributed by atoms with Gasteiger partial charge in [-0.3, -0.25) is 4.79 Å². The highest BCUT2D eigenvalue weighted by Crippen LogP contribution is 2.33. The largest absolute Gasteiger partial charge is 0.475 e. The summed E-state index contributed by atoms with van der Waals surface area (Å²) in [5.41, 5.74) is 2.88. The van der Waals surface area contributed by atoms with Gasteiger partial charge in [0.2, 0.25) is 11.8 Å². The number of hydrogen-bond donors (Lipinski definition) is 2. The minimum atomic E-state index is -4.14. The molecule has 41 heavy (non-hydrogen) atoms. The van der Waals surface area contributed by atoms with E-state index >= 15 is 0 Å². The minimum absolute atomic E-state index is 0.0770. The molecule has 3 aromatic rings. The maximum absolute atomic E-state index is 14.2. The first-order valence-electron chi connectivity index (χ1n) is 14.0. The number of carbonyl (C=O) groups is 1. The number of benzene rings is 2. The normalized spacial score (nSPS) is 18.4. The number of aryl methyl sites for hydroxylation is 2. The number of aliphatic hydroxyl groups is 1. The Morgan fingerprint density at radius 2 is 1.80 bits per heavy atom. The second kappa shape index (κ2) is 12.2. The Hall–Kier alpha value is -3.50. The van der Waals surface area contributed by atoms with E-state index < -0.39 is 15.6 Å².